The molecule has 3 amide bonds. The SMILES string of the molecule is NC(Cc1c[nH]c2ccccc12)C(=O)NCC(=O)NC(Cc1ccc(O)cc1)C(=O)NC(Cc1cnc[nH]1)C(=O)O. The van der Waals surface area contributed by atoms with Gasteiger partial charge in [-0.1, -0.05) is 30.3 Å². The number of carbonyl (C=O) groups excluding carboxylic acids is 3. The van der Waals surface area contributed by atoms with Crippen LogP contribution in [0.15, 0.2) is 67.3 Å². The second-order valence-electron chi connectivity index (χ2n) is 9.56. The Bertz CT molecular complexity index is 1500. The van der Waals surface area contributed by atoms with Crippen LogP contribution in [0.5, 0.6) is 5.75 Å². The summed E-state index contributed by atoms with van der Waals surface area (Å²) in [5, 5.41) is 27.7. The zero-order valence-corrected chi connectivity index (χ0v) is 22.0. The normalized spacial score (nSPS) is 13.2. The molecule has 0 spiro atoms. The number of phenolic OH excluding ortho intramolecular Hbond substituents is 1. The summed E-state index contributed by atoms with van der Waals surface area (Å²) in [6, 6.07) is 10.2. The van der Waals surface area contributed by atoms with Crippen molar-refractivity contribution in [3.05, 3.63) is 84.1 Å². The molecule has 4 aromatic rings. The van der Waals surface area contributed by atoms with Gasteiger partial charge in [0.15, 0.2) is 0 Å². The van der Waals surface area contributed by atoms with E-state index in [1.807, 2.05) is 24.3 Å². The van der Waals surface area contributed by atoms with Crippen molar-refractivity contribution in [2.45, 2.75) is 37.4 Å². The predicted molar refractivity (Wildman–Crippen MR) is 149 cm³/mol. The first-order chi connectivity index (χ1) is 19.7. The van der Waals surface area contributed by atoms with Gasteiger partial charge < -0.3 is 41.9 Å². The highest BCUT2D eigenvalue weighted by Crippen LogP contribution is 2.18. The molecule has 13 nitrogen and oxygen atoms in total. The number of nitrogens with two attached hydrogens (primary N) is 1. The van der Waals surface area contributed by atoms with Crippen LogP contribution in [0.4, 0.5) is 0 Å². The van der Waals surface area contributed by atoms with E-state index in [1.54, 1.807) is 18.3 Å². The quantitative estimate of drug-likeness (QED) is 0.112. The molecule has 0 aliphatic rings. The van der Waals surface area contributed by atoms with Crippen LogP contribution in [-0.2, 0) is 38.4 Å². The number of aliphatic carboxylic acids is 1. The molecule has 0 bridgehead atoms. The maximum atomic E-state index is 13.1. The fourth-order valence-electron chi connectivity index (χ4n) is 4.34. The number of hydrogen-bond donors (Lipinski definition) is 8. The third-order valence-electron chi connectivity index (χ3n) is 6.50. The average Bonchev–Trinajstić information content (AvgIpc) is 3.62. The molecule has 0 aliphatic carbocycles. The number of nitrogens with one attached hydrogen (secondary N) is 5. The summed E-state index contributed by atoms with van der Waals surface area (Å²) in [6.45, 7) is -0.448. The molecule has 0 saturated heterocycles. The fourth-order valence-corrected chi connectivity index (χ4v) is 4.34. The van der Waals surface area contributed by atoms with Crippen molar-refractivity contribution in [1.82, 2.24) is 30.9 Å². The lowest BCUT2D eigenvalue weighted by molar-refractivity contribution is -0.142. The van der Waals surface area contributed by atoms with Gasteiger partial charge in [-0.15, -0.1) is 0 Å². The molecule has 0 radical (unpaired) electrons. The molecule has 2 aromatic heterocycles. The molecule has 13 heteroatoms. The third kappa shape index (κ3) is 7.92. The first-order valence-corrected chi connectivity index (χ1v) is 12.9. The zero-order chi connectivity index (χ0) is 29.4. The van der Waals surface area contributed by atoms with E-state index in [0.717, 1.165) is 16.5 Å². The van der Waals surface area contributed by atoms with Crippen LogP contribution in [0.1, 0.15) is 16.8 Å². The average molecular weight is 562 g/mol. The van der Waals surface area contributed by atoms with Crippen LogP contribution < -0.4 is 21.7 Å². The number of nitrogens with zero attached hydrogens (tertiary/aromatic N) is 1. The maximum absolute atomic E-state index is 13.1. The number of carbonyl (C=O) groups is 4. The van der Waals surface area contributed by atoms with E-state index in [0.29, 0.717) is 11.3 Å². The lowest BCUT2D eigenvalue weighted by Crippen LogP contribution is -2.55. The number of carboxylic acids is 1. The topological polar surface area (TPSA) is 215 Å². The number of aromatic nitrogens is 3. The number of hydrogen-bond acceptors (Lipinski definition) is 7. The number of fused-ring (bicyclic) bond motifs is 1. The van der Waals surface area contributed by atoms with E-state index in [9.17, 15) is 29.4 Å². The standard InChI is InChI=1S/C28H31N7O6/c29-21(10-17-12-31-22-4-2-1-3-20(17)22)26(38)32-14-25(37)34-23(9-16-5-7-19(36)8-6-16)27(39)35-24(28(40)41)11-18-13-30-15-33-18/h1-8,12-13,15,21,23-24,31,36H,9-11,14,29H2,(H,30,33)(H,32,38)(H,34,37)(H,35,39)(H,40,41). The number of H-pyrrole nitrogens is 2. The molecule has 4 rings (SSSR count). The number of phenols is 1. The van der Waals surface area contributed by atoms with Crippen LogP contribution in [0.25, 0.3) is 10.9 Å². The lowest BCUT2D eigenvalue weighted by atomic mass is 10.0. The van der Waals surface area contributed by atoms with Crippen LogP contribution >= 0.6 is 0 Å². The zero-order valence-electron chi connectivity index (χ0n) is 22.0. The van der Waals surface area contributed by atoms with E-state index in [-0.39, 0.29) is 25.0 Å². The molecule has 9 N–H and O–H groups in total. The monoisotopic (exact) mass is 561 g/mol. The fraction of sp³-hybridized carbons (Fsp3) is 0.250. The number of para-hydroxylation sites is 1. The minimum Gasteiger partial charge on any atom is -0.508 e. The Hall–Kier alpha value is -5.17. The van der Waals surface area contributed by atoms with Gasteiger partial charge in [0.1, 0.15) is 17.8 Å². The van der Waals surface area contributed by atoms with Gasteiger partial charge in [-0.3, -0.25) is 14.4 Å². The van der Waals surface area contributed by atoms with Crippen LogP contribution in [0, 0.1) is 0 Å². The highest BCUT2D eigenvalue weighted by molar-refractivity contribution is 5.93. The Morgan fingerprint density at radius 2 is 1.66 bits per heavy atom. The van der Waals surface area contributed by atoms with E-state index >= 15 is 0 Å². The second-order valence-corrected chi connectivity index (χ2v) is 9.56. The van der Waals surface area contributed by atoms with Crippen molar-refractivity contribution in [2.24, 2.45) is 5.73 Å². The first kappa shape index (κ1) is 28.8. The Labute approximate surface area is 234 Å². The summed E-state index contributed by atoms with van der Waals surface area (Å²) in [6.07, 6.45) is 4.83. The molecule has 2 aromatic carbocycles. The van der Waals surface area contributed by atoms with Crippen molar-refractivity contribution in [3.63, 3.8) is 0 Å². The highest BCUT2D eigenvalue weighted by atomic mass is 16.4. The summed E-state index contributed by atoms with van der Waals surface area (Å²) >= 11 is 0. The smallest absolute Gasteiger partial charge is 0.326 e. The molecular formula is C28H31N7O6. The van der Waals surface area contributed by atoms with Gasteiger partial charge in [-0.2, -0.15) is 0 Å². The van der Waals surface area contributed by atoms with Crippen molar-refractivity contribution in [3.8, 4) is 5.75 Å². The van der Waals surface area contributed by atoms with Crippen molar-refractivity contribution in [2.75, 3.05) is 6.54 Å². The van der Waals surface area contributed by atoms with Gasteiger partial charge in [0.2, 0.25) is 17.7 Å². The highest BCUT2D eigenvalue weighted by Gasteiger charge is 2.28. The molecule has 214 valence electrons. The van der Waals surface area contributed by atoms with Crippen LogP contribution in [0.3, 0.4) is 0 Å². The summed E-state index contributed by atoms with van der Waals surface area (Å²) < 4.78 is 0. The Kier molecular flexibility index (Phi) is 9.32. The number of benzene rings is 2. The summed E-state index contributed by atoms with van der Waals surface area (Å²) in [7, 11) is 0. The van der Waals surface area contributed by atoms with Gasteiger partial charge >= 0.3 is 5.97 Å². The van der Waals surface area contributed by atoms with Gasteiger partial charge in [-0.05, 0) is 35.7 Å². The van der Waals surface area contributed by atoms with E-state index in [2.05, 4.69) is 30.9 Å². The summed E-state index contributed by atoms with van der Waals surface area (Å²) in [5.74, 6) is -3.19. The molecular weight excluding hydrogens is 530 g/mol. The lowest BCUT2D eigenvalue weighted by Gasteiger charge is -2.22. The number of aromatic amines is 2. The van der Waals surface area contributed by atoms with Gasteiger partial charge in [0.05, 0.1) is 18.9 Å². The van der Waals surface area contributed by atoms with Crippen molar-refractivity contribution in [1.29, 1.82) is 0 Å². The number of rotatable bonds is 13. The molecule has 3 unspecified atom stereocenters. The van der Waals surface area contributed by atoms with Crippen LogP contribution in [0.2, 0.25) is 0 Å². The molecule has 3 atom stereocenters. The summed E-state index contributed by atoms with van der Waals surface area (Å²) in [4.78, 5) is 60.1. The Balaban J connectivity index is 1.37. The minimum absolute atomic E-state index is 0.00226. The van der Waals surface area contributed by atoms with E-state index in [4.69, 9.17) is 5.73 Å². The van der Waals surface area contributed by atoms with Gasteiger partial charge in [0.25, 0.3) is 0 Å². The number of amides is 3. The largest absolute Gasteiger partial charge is 0.508 e. The Morgan fingerprint density at radius 3 is 2.37 bits per heavy atom. The molecule has 0 aliphatic heterocycles. The number of carboxylic acid groups (broad SMARTS) is 1. The van der Waals surface area contributed by atoms with Gasteiger partial charge in [-0.25, -0.2) is 9.78 Å². The van der Waals surface area contributed by atoms with Crippen molar-refractivity contribution < 1.29 is 29.4 Å². The van der Waals surface area contributed by atoms with Crippen LogP contribution in [-0.4, -0.2) is 73.5 Å². The molecule has 41 heavy (non-hydrogen) atoms. The van der Waals surface area contributed by atoms with E-state index in [1.165, 1.54) is 24.7 Å². The number of aromatic hydroxyl groups is 1. The second kappa shape index (κ2) is 13.3. The predicted octanol–water partition coefficient (Wildman–Crippen LogP) is 0.122. The third-order valence-corrected chi connectivity index (χ3v) is 6.50. The first-order valence-electron chi connectivity index (χ1n) is 12.9. The molecule has 0 saturated carbocycles. The number of imidazole rings is 1. The summed E-state index contributed by atoms with van der Waals surface area (Å²) in [5.41, 5.74) is 8.97. The molecule has 2 heterocycles. The van der Waals surface area contributed by atoms with E-state index < -0.39 is 48.4 Å². The maximum Gasteiger partial charge on any atom is 0.326 e. The molecule has 0 fully saturated rings. The Morgan fingerprint density at radius 1 is 0.902 bits per heavy atom. The van der Waals surface area contributed by atoms with Crippen molar-refractivity contribution >= 4 is 34.6 Å². The van der Waals surface area contributed by atoms with Gasteiger partial charge in [0, 0.05) is 41.8 Å². The minimum atomic E-state index is -1.29.